The zero-order valence-electron chi connectivity index (χ0n) is 14.9. The smallest absolute Gasteiger partial charge is 0.257 e. The van der Waals surface area contributed by atoms with E-state index >= 15 is 0 Å². The van der Waals surface area contributed by atoms with Crippen LogP contribution in [0.1, 0.15) is 65.7 Å². The predicted octanol–water partition coefficient (Wildman–Crippen LogP) is 4.18. The van der Waals surface area contributed by atoms with Crippen LogP contribution in [0.4, 0.5) is 5.69 Å². The van der Waals surface area contributed by atoms with Crippen molar-refractivity contribution >= 4 is 17.5 Å². The summed E-state index contributed by atoms with van der Waals surface area (Å²) < 4.78 is 0. The van der Waals surface area contributed by atoms with Crippen molar-refractivity contribution in [2.75, 3.05) is 5.32 Å². The van der Waals surface area contributed by atoms with E-state index in [0.29, 0.717) is 16.8 Å². The fourth-order valence-corrected chi connectivity index (χ4v) is 3.31. The number of anilines is 1. The molecule has 3 rings (SSSR count). The van der Waals surface area contributed by atoms with Crippen molar-refractivity contribution in [3.05, 3.63) is 59.9 Å². The van der Waals surface area contributed by atoms with Crippen molar-refractivity contribution in [1.82, 2.24) is 10.3 Å². The monoisotopic (exact) mass is 351 g/mol. The third-order valence-electron chi connectivity index (χ3n) is 4.75. The second kappa shape index (κ2) is 9.13. The lowest BCUT2D eigenvalue weighted by Crippen LogP contribution is -2.35. The molecule has 2 amide bonds. The first kappa shape index (κ1) is 18.1. The Hall–Kier alpha value is -2.69. The summed E-state index contributed by atoms with van der Waals surface area (Å²) in [6.45, 7) is 0. The van der Waals surface area contributed by atoms with Crippen molar-refractivity contribution in [1.29, 1.82) is 0 Å². The van der Waals surface area contributed by atoms with Crippen LogP contribution in [-0.4, -0.2) is 22.8 Å². The Kier molecular flexibility index (Phi) is 6.36. The van der Waals surface area contributed by atoms with Gasteiger partial charge >= 0.3 is 0 Å². The van der Waals surface area contributed by atoms with Gasteiger partial charge in [0.15, 0.2) is 0 Å². The third kappa shape index (κ3) is 5.15. The number of benzene rings is 1. The lowest BCUT2D eigenvalue weighted by molar-refractivity contribution is 0.0929. The highest BCUT2D eigenvalue weighted by atomic mass is 16.2. The molecule has 0 radical (unpaired) electrons. The molecule has 1 heterocycles. The van der Waals surface area contributed by atoms with Gasteiger partial charge in [0.05, 0.1) is 5.56 Å². The molecule has 0 atom stereocenters. The number of carbonyl (C=O) groups is 2. The van der Waals surface area contributed by atoms with Crippen LogP contribution < -0.4 is 10.6 Å². The van der Waals surface area contributed by atoms with E-state index in [1.807, 2.05) is 0 Å². The summed E-state index contributed by atoms with van der Waals surface area (Å²) in [6, 6.07) is 10.7. The molecule has 5 nitrogen and oxygen atoms in total. The van der Waals surface area contributed by atoms with Gasteiger partial charge in [0.1, 0.15) is 0 Å². The average molecular weight is 351 g/mol. The Morgan fingerprint density at radius 3 is 2.35 bits per heavy atom. The van der Waals surface area contributed by atoms with Crippen LogP contribution in [0.25, 0.3) is 0 Å². The predicted molar refractivity (Wildman–Crippen MR) is 102 cm³/mol. The maximum atomic E-state index is 12.6. The van der Waals surface area contributed by atoms with Crippen molar-refractivity contribution in [2.45, 2.75) is 51.0 Å². The van der Waals surface area contributed by atoms with Gasteiger partial charge in [0.2, 0.25) is 0 Å². The highest BCUT2D eigenvalue weighted by molar-refractivity contribution is 6.04. The summed E-state index contributed by atoms with van der Waals surface area (Å²) in [4.78, 5) is 28.8. The first-order valence-corrected chi connectivity index (χ1v) is 9.35. The molecule has 0 saturated heterocycles. The molecule has 0 bridgehead atoms. The molecule has 26 heavy (non-hydrogen) atoms. The van der Waals surface area contributed by atoms with Gasteiger partial charge in [-0.25, -0.2) is 0 Å². The summed E-state index contributed by atoms with van der Waals surface area (Å²) in [6.07, 6.45) is 11.4. The van der Waals surface area contributed by atoms with E-state index in [2.05, 4.69) is 15.6 Å². The number of aromatic nitrogens is 1. The van der Waals surface area contributed by atoms with Gasteiger partial charge in [-0.15, -0.1) is 0 Å². The number of carbonyl (C=O) groups excluding carboxylic acids is 2. The van der Waals surface area contributed by atoms with Gasteiger partial charge in [-0.2, -0.15) is 0 Å². The van der Waals surface area contributed by atoms with Crippen LogP contribution in [0.15, 0.2) is 48.8 Å². The molecule has 1 aromatic heterocycles. The summed E-state index contributed by atoms with van der Waals surface area (Å²) >= 11 is 0. The summed E-state index contributed by atoms with van der Waals surface area (Å²) in [5.41, 5.74) is 1.65. The lowest BCUT2D eigenvalue weighted by Gasteiger charge is -2.21. The summed E-state index contributed by atoms with van der Waals surface area (Å²) in [7, 11) is 0. The second-order valence-corrected chi connectivity index (χ2v) is 6.79. The number of nitrogens with zero attached hydrogens (tertiary/aromatic N) is 1. The van der Waals surface area contributed by atoms with Crippen molar-refractivity contribution in [3.63, 3.8) is 0 Å². The molecule has 1 fully saturated rings. The van der Waals surface area contributed by atoms with Gasteiger partial charge in [0, 0.05) is 29.7 Å². The van der Waals surface area contributed by atoms with E-state index in [4.69, 9.17) is 0 Å². The number of rotatable bonds is 4. The number of hydrogen-bond donors (Lipinski definition) is 2. The molecule has 1 aromatic carbocycles. The van der Waals surface area contributed by atoms with Crippen LogP contribution in [0, 0.1) is 0 Å². The van der Waals surface area contributed by atoms with Crippen molar-refractivity contribution in [2.24, 2.45) is 0 Å². The molecular weight excluding hydrogens is 326 g/mol. The zero-order chi connectivity index (χ0) is 18.2. The molecule has 136 valence electrons. The van der Waals surface area contributed by atoms with E-state index in [9.17, 15) is 9.59 Å². The maximum Gasteiger partial charge on any atom is 0.257 e. The van der Waals surface area contributed by atoms with E-state index in [0.717, 1.165) is 12.8 Å². The SMILES string of the molecule is O=C(Nc1cccc(C(=O)NC2CCCCCCC2)c1)c1cccnc1. The Morgan fingerprint density at radius 1 is 0.885 bits per heavy atom. The molecule has 2 aromatic rings. The molecule has 0 aliphatic heterocycles. The highest BCUT2D eigenvalue weighted by Gasteiger charge is 2.15. The minimum atomic E-state index is -0.240. The fourth-order valence-electron chi connectivity index (χ4n) is 3.31. The van der Waals surface area contributed by atoms with Crippen molar-refractivity contribution < 1.29 is 9.59 Å². The highest BCUT2D eigenvalue weighted by Crippen LogP contribution is 2.18. The normalized spacial score (nSPS) is 15.5. The first-order chi connectivity index (χ1) is 12.7. The maximum absolute atomic E-state index is 12.6. The molecule has 2 N–H and O–H groups in total. The number of amides is 2. The standard InChI is InChI=1S/C21H25N3O2/c25-20(23-18-10-4-2-1-3-5-11-18)16-8-6-12-19(14-16)24-21(26)17-9-7-13-22-15-17/h6-9,12-15,18H,1-5,10-11H2,(H,23,25)(H,24,26). The number of hydrogen-bond acceptors (Lipinski definition) is 3. The van der Waals surface area contributed by atoms with E-state index in [1.54, 1.807) is 42.6 Å². The minimum absolute atomic E-state index is 0.0759. The average Bonchev–Trinajstić information content (AvgIpc) is 2.64. The number of nitrogens with one attached hydrogen (secondary N) is 2. The summed E-state index contributed by atoms with van der Waals surface area (Å²) in [5.74, 6) is -0.316. The zero-order valence-corrected chi connectivity index (χ0v) is 14.9. The Bertz CT molecular complexity index is 738. The van der Waals surface area contributed by atoms with E-state index < -0.39 is 0 Å². The Labute approximate surface area is 154 Å². The molecule has 1 aliphatic rings. The fraction of sp³-hybridized carbons (Fsp3) is 0.381. The second-order valence-electron chi connectivity index (χ2n) is 6.79. The van der Waals surface area contributed by atoms with Crippen LogP contribution in [0.3, 0.4) is 0 Å². The van der Waals surface area contributed by atoms with Gasteiger partial charge in [-0.1, -0.05) is 38.2 Å². The third-order valence-corrected chi connectivity index (χ3v) is 4.75. The van der Waals surface area contributed by atoms with Crippen LogP contribution in [-0.2, 0) is 0 Å². The summed E-state index contributed by atoms with van der Waals surface area (Å²) in [5, 5.41) is 5.97. The van der Waals surface area contributed by atoms with Crippen molar-refractivity contribution in [3.8, 4) is 0 Å². The quantitative estimate of drug-likeness (QED) is 0.868. The van der Waals surface area contributed by atoms with E-state index in [1.165, 1.54) is 38.3 Å². The van der Waals surface area contributed by atoms with Crippen LogP contribution in [0.2, 0.25) is 0 Å². The van der Waals surface area contributed by atoms with Gasteiger partial charge in [0.25, 0.3) is 11.8 Å². The molecule has 0 spiro atoms. The Balaban J connectivity index is 1.62. The van der Waals surface area contributed by atoms with Gasteiger partial charge in [-0.05, 0) is 43.2 Å². The largest absolute Gasteiger partial charge is 0.349 e. The molecule has 0 unspecified atom stereocenters. The van der Waals surface area contributed by atoms with E-state index in [-0.39, 0.29) is 17.9 Å². The minimum Gasteiger partial charge on any atom is -0.349 e. The van der Waals surface area contributed by atoms with Crippen LogP contribution >= 0.6 is 0 Å². The molecule has 1 aliphatic carbocycles. The van der Waals surface area contributed by atoms with Gasteiger partial charge < -0.3 is 10.6 Å². The first-order valence-electron chi connectivity index (χ1n) is 9.35. The topological polar surface area (TPSA) is 71.1 Å². The number of pyridine rings is 1. The molecular formula is C21H25N3O2. The van der Waals surface area contributed by atoms with Gasteiger partial charge in [-0.3, -0.25) is 14.6 Å². The molecule has 1 saturated carbocycles. The molecule has 5 heteroatoms. The van der Waals surface area contributed by atoms with Crippen LogP contribution in [0.5, 0.6) is 0 Å². The Morgan fingerprint density at radius 2 is 1.62 bits per heavy atom. The lowest BCUT2D eigenvalue weighted by atomic mass is 9.96.